The first-order valence-corrected chi connectivity index (χ1v) is 9.46. The monoisotopic (exact) mass is 408 g/mol. The lowest BCUT2D eigenvalue weighted by Crippen LogP contribution is -2.41. The highest BCUT2D eigenvalue weighted by atomic mass is 16.5. The molecule has 2 aliphatic heterocycles. The smallest absolute Gasteiger partial charge is 0.264 e. The largest absolute Gasteiger partial charge is 0.481 e. The molecule has 30 heavy (non-hydrogen) atoms. The number of nitrogens with zero attached hydrogens (tertiary/aromatic N) is 1. The predicted octanol–water partition coefficient (Wildman–Crippen LogP) is 1.51. The van der Waals surface area contributed by atoms with E-state index in [0.29, 0.717) is 28.4 Å². The summed E-state index contributed by atoms with van der Waals surface area (Å²) in [5, 5.41) is 8.13. The summed E-state index contributed by atoms with van der Waals surface area (Å²) in [5.74, 6) is -0.678. The van der Waals surface area contributed by atoms with Gasteiger partial charge in [0.05, 0.1) is 16.9 Å². The van der Waals surface area contributed by atoms with Crippen molar-refractivity contribution < 1.29 is 23.9 Å². The van der Waals surface area contributed by atoms with E-state index >= 15 is 0 Å². The second-order valence-corrected chi connectivity index (χ2v) is 7.07. The zero-order chi connectivity index (χ0) is 21.3. The lowest BCUT2D eigenvalue weighted by atomic mass is 10.1. The number of anilines is 3. The molecule has 1 atom stereocenters. The number of carbonyl (C=O) groups excluding carboxylic acids is 4. The number of nitrogens with one attached hydrogen (secondary N) is 3. The zero-order valence-electron chi connectivity index (χ0n) is 16.2. The minimum atomic E-state index is -0.817. The quantitative estimate of drug-likeness (QED) is 0.709. The second kappa shape index (κ2) is 7.86. The van der Waals surface area contributed by atoms with E-state index in [1.165, 1.54) is 4.90 Å². The first kappa shape index (κ1) is 19.4. The van der Waals surface area contributed by atoms with Gasteiger partial charge in [-0.2, -0.15) is 0 Å². The number of para-hydroxylation sites is 1. The summed E-state index contributed by atoms with van der Waals surface area (Å²) in [6, 6.07) is 10.9. The van der Waals surface area contributed by atoms with Gasteiger partial charge >= 0.3 is 0 Å². The Balaban J connectivity index is 1.37. The number of hydrogen-bond acceptors (Lipinski definition) is 5. The Kier molecular flexibility index (Phi) is 5.09. The molecule has 2 aliphatic rings. The fourth-order valence-corrected chi connectivity index (χ4v) is 3.37. The Bertz CT molecular complexity index is 1050. The van der Waals surface area contributed by atoms with Crippen LogP contribution < -0.4 is 25.6 Å². The molecule has 0 fully saturated rings. The summed E-state index contributed by atoms with van der Waals surface area (Å²) in [5.41, 5.74) is 1.98. The van der Waals surface area contributed by atoms with Crippen LogP contribution in [0.25, 0.3) is 0 Å². The summed E-state index contributed by atoms with van der Waals surface area (Å²) >= 11 is 0. The average Bonchev–Trinajstić information content (AvgIpc) is 2.85. The van der Waals surface area contributed by atoms with E-state index < -0.39 is 6.04 Å². The Hall–Kier alpha value is -3.88. The van der Waals surface area contributed by atoms with Gasteiger partial charge in [-0.25, -0.2) is 0 Å². The van der Waals surface area contributed by atoms with Gasteiger partial charge in [0.1, 0.15) is 11.8 Å². The van der Waals surface area contributed by atoms with Crippen LogP contribution >= 0.6 is 0 Å². The molecule has 154 valence electrons. The SMILES string of the molecule is CN1C(=O)COc2cc(NC(=O)CCC3NC(=O)c4ccccc4NC3=O)ccc21. The lowest BCUT2D eigenvalue weighted by Gasteiger charge is -2.26. The number of likely N-dealkylation sites (N-methyl/N-ethyl adjacent to an activating group) is 1. The standard InChI is InChI=1S/C21H20N4O5/c1-25-16-8-6-12(10-17(16)30-11-19(25)27)22-18(26)9-7-15-21(29)23-14-5-3-2-4-13(14)20(28)24-15/h2-6,8,10,15H,7,9,11H2,1H3,(H,22,26)(H,23,29)(H,24,28). The molecule has 0 aromatic heterocycles. The average molecular weight is 408 g/mol. The predicted molar refractivity (Wildman–Crippen MR) is 110 cm³/mol. The highest BCUT2D eigenvalue weighted by Gasteiger charge is 2.28. The summed E-state index contributed by atoms with van der Waals surface area (Å²) in [6.07, 6.45) is 0.182. The van der Waals surface area contributed by atoms with E-state index in [1.807, 2.05) is 0 Å². The topological polar surface area (TPSA) is 117 Å². The minimum absolute atomic E-state index is 0.0328. The molecule has 0 saturated carbocycles. The molecule has 2 heterocycles. The molecule has 9 nitrogen and oxygen atoms in total. The molecular weight excluding hydrogens is 388 g/mol. The molecule has 2 aromatic rings. The Morgan fingerprint density at radius 3 is 2.83 bits per heavy atom. The third-order valence-corrected chi connectivity index (χ3v) is 5.04. The van der Waals surface area contributed by atoms with Crippen molar-refractivity contribution in [1.82, 2.24) is 5.32 Å². The number of fused-ring (bicyclic) bond motifs is 2. The number of ether oxygens (including phenoxy) is 1. The van der Waals surface area contributed by atoms with Crippen LogP contribution in [0.15, 0.2) is 42.5 Å². The van der Waals surface area contributed by atoms with Crippen molar-refractivity contribution in [3.63, 3.8) is 0 Å². The van der Waals surface area contributed by atoms with Crippen molar-refractivity contribution in [3.8, 4) is 5.75 Å². The Morgan fingerprint density at radius 1 is 1.20 bits per heavy atom. The molecule has 0 saturated heterocycles. The maximum absolute atomic E-state index is 12.4. The maximum Gasteiger partial charge on any atom is 0.264 e. The maximum atomic E-state index is 12.4. The number of carbonyl (C=O) groups is 4. The normalized spacial score (nSPS) is 17.7. The van der Waals surface area contributed by atoms with E-state index in [0.717, 1.165) is 0 Å². The summed E-state index contributed by atoms with van der Waals surface area (Å²) in [4.78, 5) is 50.3. The Labute approximate surface area is 172 Å². The van der Waals surface area contributed by atoms with Crippen LogP contribution in [0.2, 0.25) is 0 Å². The van der Waals surface area contributed by atoms with Crippen LogP contribution in [-0.4, -0.2) is 43.3 Å². The summed E-state index contributed by atoms with van der Waals surface area (Å²) < 4.78 is 5.41. The van der Waals surface area contributed by atoms with Crippen LogP contribution in [0.1, 0.15) is 23.2 Å². The van der Waals surface area contributed by atoms with Crippen molar-refractivity contribution in [1.29, 1.82) is 0 Å². The van der Waals surface area contributed by atoms with Gasteiger partial charge in [0.25, 0.3) is 11.8 Å². The fourth-order valence-electron chi connectivity index (χ4n) is 3.37. The molecule has 0 bridgehead atoms. The lowest BCUT2D eigenvalue weighted by molar-refractivity contribution is -0.121. The molecule has 0 spiro atoms. The van der Waals surface area contributed by atoms with Gasteiger partial charge in [0.15, 0.2) is 6.61 Å². The van der Waals surface area contributed by atoms with Crippen LogP contribution in [0, 0.1) is 0 Å². The summed E-state index contributed by atoms with van der Waals surface area (Å²) in [7, 11) is 1.66. The highest BCUT2D eigenvalue weighted by Crippen LogP contribution is 2.33. The Morgan fingerprint density at radius 2 is 2.00 bits per heavy atom. The second-order valence-electron chi connectivity index (χ2n) is 7.07. The van der Waals surface area contributed by atoms with E-state index in [4.69, 9.17) is 4.74 Å². The number of benzene rings is 2. The molecule has 4 rings (SSSR count). The molecule has 9 heteroatoms. The van der Waals surface area contributed by atoms with Gasteiger partial charge < -0.3 is 25.6 Å². The van der Waals surface area contributed by atoms with Crippen molar-refractivity contribution >= 4 is 40.7 Å². The van der Waals surface area contributed by atoms with Crippen LogP contribution in [-0.2, 0) is 14.4 Å². The minimum Gasteiger partial charge on any atom is -0.481 e. The molecule has 3 N–H and O–H groups in total. The van der Waals surface area contributed by atoms with Gasteiger partial charge in [-0.15, -0.1) is 0 Å². The summed E-state index contributed by atoms with van der Waals surface area (Å²) in [6.45, 7) is -0.0558. The van der Waals surface area contributed by atoms with E-state index in [9.17, 15) is 19.2 Å². The van der Waals surface area contributed by atoms with Crippen molar-refractivity contribution in [2.45, 2.75) is 18.9 Å². The van der Waals surface area contributed by atoms with Gasteiger partial charge in [0, 0.05) is 25.2 Å². The van der Waals surface area contributed by atoms with Crippen molar-refractivity contribution in [2.75, 3.05) is 29.2 Å². The van der Waals surface area contributed by atoms with E-state index in [-0.39, 0.29) is 43.1 Å². The fraction of sp³-hybridized carbons (Fsp3) is 0.238. The van der Waals surface area contributed by atoms with Gasteiger partial charge in [-0.05, 0) is 30.7 Å². The zero-order valence-corrected chi connectivity index (χ0v) is 16.2. The third-order valence-electron chi connectivity index (χ3n) is 5.04. The molecule has 2 aromatic carbocycles. The van der Waals surface area contributed by atoms with Crippen molar-refractivity contribution in [2.24, 2.45) is 0 Å². The molecule has 4 amide bonds. The molecule has 1 unspecified atom stereocenters. The highest BCUT2D eigenvalue weighted by molar-refractivity contribution is 6.10. The van der Waals surface area contributed by atoms with Gasteiger partial charge in [-0.3, -0.25) is 19.2 Å². The van der Waals surface area contributed by atoms with Crippen molar-refractivity contribution in [3.05, 3.63) is 48.0 Å². The third kappa shape index (κ3) is 3.82. The van der Waals surface area contributed by atoms with Gasteiger partial charge in [0.2, 0.25) is 11.8 Å². The van der Waals surface area contributed by atoms with Crippen LogP contribution in [0.3, 0.4) is 0 Å². The number of rotatable bonds is 4. The van der Waals surface area contributed by atoms with Crippen LogP contribution in [0.4, 0.5) is 17.1 Å². The van der Waals surface area contributed by atoms with E-state index in [1.54, 1.807) is 49.5 Å². The van der Waals surface area contributed by atoms with Crippen LogP contribution in [0.5, 0.6) is 5.75 Å². The molecular formula is C21H20N4O5. The molecule has 0 radical (unpaired) electrons. The number of amides is 4. The first-order chi connectivity index (χ1) is 14.4. The van der Waals surface area contributed by atoms with Gasteiger partial charge in [-0.1, -0.05) is 12.1 Å². The van der Waals surface area contributed by atoms with E-state index in [2.05, 4.69) is 16.0 Å². The number of hydrogen-bond donors (Lipinski definition) is 3. The first-order valence-electron chi connectivity index (χ1n) is 9.46. The molecule has 0 aliphatic carbocycles.